The van der Waals surface area contributed by atoms with Gasteiger partial charge in [-0.05, 0) is 39.1 Å². The number of dihydropyridines is 1. The maximum absolute atomic E-state index is 15.7. The standard InChI is InChI=1S/C28H33F4N7O2/c1-17-15-39(16-18(2)37(17)3)25-13-22(29)19(23-4-5-26(36-35-23)38-8-10-41-11-9-38)12-24(25)34-27(40)20-14-33-7-6-21(20)28(30,31)32/h4-6,12-14,17-18,33H,7-11,15-16H2,1-3H3,(H,34,40)/t17-,18+. The van der Waals surface area contributed by atoms with Crippen LogP contribution in [0.5, 0.6) is 0 Å². The normalized spacial score (nSPS) is 22.1. The Bertz CT molecular complexity index is 1330. The third kappa shape index (κ3) is 6.15. The van der Waals surface area contributed by atoms with Gasteiger partial charge in [0.25, 0.3) is 5.91 Å². The van der Waals surface area contributed by atoms with Crippen LogP contribution in [-0.2, 0) is 9.53 Å². The number of ether oxygens (including phenoxy) is 1. The Hall–Kier alpha value is -3.71. The summed E-state index contributed by atoms with van der Waals surface area (Å²) in [7, 11) is 2.01. The molecule has 2 aromatic rings. The number of amides is 1. The van der Waals surface area contributed by atoms with E-state index < -0.39 is 29.0 Å². The summed E-state index contributed by atoms with van der Waals surface area (Å²) in [4.78, 5) is 19.4. The lowest BCUT2D eigenvalue weighted by atomic mass is 10.0. The average Bonchev–Trinajstić information content (AvgIpc) is 2.96. The van der Waals surface area contributed by atoms with Crippen LogP contribution in [0.25, 0.3) is 11.3 Å². The Morgan fingerprint density at radius 1 is 1.07 bits per heavy atom. The number of anilines is 3. The first-order valence-corrected chi connectivity index (χ1v) is 13.5. The highest BCUT2D eigenvalue weighted by Gasteiger charge is 2.39. The summed E-state index contributed by atoms with van der Waals surface area (Å²) in [5.74, 6) is -0.908. The van der Waals surface area contributed by atoms with E-state index in [9.17, 15) is 18.0 Å². The Labute approximate surface area is 235 Å². The Balaban J connectivity index is 1.51. The third-order valence-electron chi connectivity index (χ3n) is 7.81. The fourth-order valence-corrected chi connectivity index (χ4v) is 5.31. The van der Waals surface area contributed by atoms with Gasteiger partial charge in [0.1, 0.15) is 5.82 Å². The Morgan fingerprint density at radius 2 is 1.78 bits per heavy atom. The van der Waals surface area contributed by atoms with Gasteiger partial charge >= 0.3 is 6.18 Å². The van der Waals surface area contributed by atoms with Gasteiger partial charge in [0, 0.05) is 62.6 Å². The van der Waals surface area contributed by atoms with Crippen LogP contribution >= 0.6 is 0 Å². The number of carbonyl (C=O) groups excluding carboxylic acids is 1. The Kier molecular flexibility index (Phi) is 8.18. The van der Waals surface area contributed by atoms with Crippen LogP contribution in [0, 0.1) is 5.82 Å². The predicted octanol–water partition coefficient (Wildman–Crippen LogP) is 3.56. The molecule has 9 nitrogen and oxygen atoms in total. The molecule has 220 valence electrons. The molecule has 1 aromatic heterocycles. The monoisotopic (exact) mass is 575 g/mol. The molecule has 0 bridgehead atoms. The number of nitrogens with one attached hydrogen (secondary N) is 2. The van der Waals surface area contributed by atoms with E-state index in [4.69, 9.17) is 4.74 Å². The molecule has 0 saturated carbocycles. The van der Waals surface area contributed by atoms with Crippen LogP contribution in [0.1, 0.15) is 13.8 Å². The van der Waals surface area contributed by atoms with Crippen molar-refractivity contribution in [2.75, 3.05) is 68.1 Å². The highest BCUT2D eigenvalue weighted by Crippen LogP contribution is 2.37. The maximum atomic E-state index is 15.7. The van der Waals surface area contributed by atoms with Gasteiger partial charge < -0.3 is 25.2 Å². The number of aromatic nitrogens is 2. The average molecular weight is 576 g/mol. The molecule has 3 aliphatic heterocycles. The fourth-order valence-electron chi connectivity index (χ4n) is 5.31. The molecule has 41 heavy (non-hydrogen) atoms. The lowest BCUT2D eigenvalue weighted by molar-refractivity contribution is -0.115. The highest BCUT2D eigenvalue weighted by molar-refractivity contribution is 6.09. The van der Waals surface area contributed by atoms with Crippen LogP contribution in [0.15, 0.2) is 47.7 Å². The molecule has 3 aliphatic rings. The second-order valence-corrected chi connectivity index (χ2v) is 10.5. The number of alkyl halides is 3. The van der Waals surface area contributed by atoms with Crippen LogP contribution in [0.4, 0.5) is 34.8 Å². The summed E-state index contributed by atoms with van der Waals surface area (Å²) in [6, 6.07) is 6.34. The molecule has 0 spiro atoms. The number of hydrogen-bond acceptors (Lipinski definition) is 8. The Morgan fingerprint density at radius 3 is 2.41 bits per heavy atom. The number of halogens is 4. The quantitative estimate of drug-likeness (QED) is 0.524. The topological polar surface area (TPSA) is 85.9 Å². The zero-order valence-electron chi connectivity index (χ0n) is 23.1. The summed E-state index contributed by atoms with van der Waals surface area (Å²) in [6.07, 6.45) is -2.72. The van der Waals surface area contributed by atoms with Gasteiger partial charge in [-0.1, -0.05) is 6.08 Å². The van der Waals surface area contributed by atoms with Crippen molar-refractivity contribution < 1.29 is 27.1 Å². The van der Waals surface area contributed by atoms with E-state index in [1.54, 1.807) is 12.1 Å². The second kappa shape index (κ2) is 11.6. The first kappa shape index (κ1) is 28.8. The van der Waals surface area contributed by atoms with Crippen molar-refractivity contribution in [3.8, 4) is 11.3 Å². The van der Waals surface area contributed by atoms with Crippen LogP contribution < -0.4 is 20.4 Å². The summed E-state index contributed by atoms with van der Waals surface area (Å²) in [5, 5.41) is 13.8. The van der Waals surface area contributed by atoms with Crippen LogP contribution in [0.3, 0.4) is 0 Å². The van der Waals surface area contributed by atoms with E-state index in [0.717, 1.165) is 12.3 Å². The van der Waals surface area contributed by atoms with Crippen molar-refractivity contribution in [1.29, 1.82) is 0 Å². The minimum atomic E-state index is -4.71. The van der Waals surface area contributed by atoms with Crippen molar-refractivity contribution in [3.05, 3.63) is 53.5 Å². The summed E-state index contributed by atoms with van der Waals surface area (Å²) in [5.41, 5.74) is -0.702. The molecule has 1 aromatic carbocycles. The number of carbonyl (C=O) groups is 1. The minimum Gasteiger partial charge on any atom is -0.387 e. The van der Waals surface area contributed by atoms with Crippen molar-refractivity contribution >= 4 is 23.1 Å². The van der Waals surface area contributed by atoms with Gasteiger partial charge in [0.15, 0.2) is 5.82 Å². The van der Waals surface area contributed by atoms with Gasteiger partial charge in [-0.2, -0.15) is 13.2 Å². The minimum absolute atomic E-state index is 0.0479. The largest absolute Gasteiger partial charge is 0.416 e. The van der Waals surface area contributed by atoms with Gasteiger partial charge in [0.2, 0.25) is 0 Å². The number of nitrogens with zero attached hydrogens (tertiary/aromatic N) is 5. The molecule has 5 rings (SSSR count). The smallest absolute Gasteiger partial charge is 0.387 e. The number of piperazine rings is 1. The van der Waals surface area contributed by atoms with Gasteiger partial charge in [-0.3, -0.25) is 9.69 Å². The molecule has 2 N–H and O–H groups in total. The second-order valence-electron chi connectivity index (χ2n) is 10.5. The van der Waals surface area contributed by atoms with Gasteiger partial charge in [-0.15, -0.1) is 10.2 Å². The van der Waals surface area contributed by atoms with E-state index in [0.29, 0.717) is 50.9 Å². The molecule has 0 aliphatic carbocycles. The number of benzene rings is 1. The molecule has 13 heteroatoms. The zero-order valence-corrected chi connectivity index (χ0v) is 23.1. The van der Waals surface area contributed by atoms with Crippen molar-refractivity contribution in [2.24, 2.45) is 0 Å². The van der Waals surface area contributed by atoms with E-state index in [2.05, 4.69) is 25.7 Å². The first-order valence-electron chi connectivity index (χ1n) is 13.5. The van der Waals surface area contributed by atoms with Crippen LogP contribution in [0.2, 0.25) is 0 Å². The molecule has 2 saturated heterocycles. The van der Waals surface area contributed by atoms with Gasteiger partial charge in [-0.25, -0.2) is 4.39 Å². The molecule has 4 heterocycles. The van der Waals surface area contributed by atoms with E-state index in [-0.39, 0.29) is 35.6 Å². The fraction of sp³-hybridized carbons (Fsp3) is 0.464. The number of likely N-dealkylation sites (N-methyl/N-ethyl adjacent to an activating group) is 1. The maximum Gasteiger partial charge on any atom is 0.416 e. The number of morpholine rings is 1. The molecule has 2 fully saturated rings. The molecular formula is C28H33F4N7O2. The lowest BCUT2D eigenvalue weighted by Crippen LogP contribution is -2.55. The number of rotatable bonds is 5. The molecular weight excluding hydrogens is 542 g/mol. The van der Waals surface area contributed by atoms with Gasteiger partial charge in [0.05, 0.1) is 41.4 Å². The van der Waals surface area contributed by atoms with E-state index >= 15 is 4.39 Å². The predicted molar refractivity (Wildman–Crippen MR) is 148 cm³/mol. The van der Waals surface area contributed by atoms with Crippen molar-refractivity contribution in [2.45, 2.75) is 32.1 Å². The summed E-state index contributed by atoms with van der Waals surface area (Å²) >= 11 is 0. The molecule has 2 atom stereocenters. The molecule has 0 radical (unpaired) electrons. The summed E-state index contributed by atoms with van der Waals surface area (Å²) < 4.78 is 62.1. The van der Waals surface area contributed by atoms with Crippen molar-refractivity contribution in [3.63, 3.8) is 0 Å². The SMILES string of the molecule is C[C@@H]1CN(c2cc(F)c(-c3ccc(N4CCOCC4)nn3)cc2NC(=O)C2=CNCC=C2C(F)(F)F)C[C@H](C)N1C. The molecule has 0 unspecified atom stereocenters. The lowest BCUT2D eigenvalue weighted by Gasteiger charge is -2.44. The van der Waals surface area contributed by atoms with E-state index in [1.165, 1.54) is 12.1 Å². The van der Waals surface area contributed by atoms with Crippen LogP contribution in [-0.4, -0.2) is 92.2 Å². The first-order chi connectivity index (χ1) is 19.5. The number of hydrogen-bond donors (Lipinski definition) is 2. The summed E-state index contributed by atoms with van der Waals surface area (Å²) in [6.45, 7) is 7.57. The third-order valence-corrected chi connectivity index (χ3v) is 7.81. The van der Waals surface area contributed by atoms with Crippen molar-refractivity contribution in [1.82, 2.24) is 20.4 Å². The highest BCUT2D eigenvalue weighted by atomic mass is 19.4. The molecule has 1 amide bonds. The van der Waals surface area contributed by atoms with E-state index in [1.807, 2.05) is 30.7 Å². The zero-order chi connectivity index (χ0) is 29.3.